The van der Waals surface area contributed by atoms with E-state index in [0.717, 1.165) is 18.7 Å². The SMILES string of the molecule is CCCCCCn1cnn(-c2ccccc2)c1=O. The first-order valence-corrected chi connectivity index (χ1v) is 6.53. The van der Waals surface area contributed by atoms with Crippen molar-refractivity contribution in [3.05, 3.63) is 47.1 Å². The van der Waals surface area contributed by atoms with Crippen LogP contribution < -0.4 is 5.69 Å². The lowest BCUT2D eigenvalue weighted by molar-refractivity contribution is 0.568. The van der Waals surface area contributed by atoms with Gasteiger partial charge < -0.3 is 0 Å². The van der Waals surface area contributed by atoms with Crippen LogP contribution in [-0.4, -0.2) is 14.3 Å². The average Bonchev–Trinajstić information content (AvgIpc) is 2.77. The van der Waals surface area contributed by atoms with Gasteiger partial charge in [-0.15, -0.1) is 0 Å². The molecule has 1 aromatic heterocycles. The zero-order valence-corrected chi connectivity index (χ0v) is 10.7. The first-order valence-electron chi connectivity index (χ1n) is 6.53. The number of aryl methyl sites for hydroxylation is 1. The van der Waals surface area contributed by atoms with Gasteiger partial charge in [0.15, 0.2) is 0 Å². The van der Waals surface area contributed by atoms with Crippen molar-refractivity contribution < 1.29 is 0 Å². The Kier molecular flexibility index (Phi) is 4.34. The Labute approximate surface area is 107 Å². The Morgan fingerprint density at radius 3 is 2.61 bits per heavy atom. The first-order chi connectivity index (χ1) is 8.83. The molecule has 4 nitrogen and oxygen atoms in total. The lowest BCUT2D eigenvalue weighted by atomic mass is 10.2. The summed E-state index contributed by atoms with van der Waals surface area (Å²) in [5.41, 5.74) is 0.757. The van der Waals surface area contributed by atoms with Gasteiger partial charge in [0.25, 0.3) is 0 Å². The maximum Gasteiger partial charge on any atom is 0.350 e. The molecule has 0 unspecified atom stereocenters. The summed E-state index contributed by atoms with van der Waals surface area (Å²) in [4.78, 5) is 12.1. The van der Waals surface area contributed by atoms with E-state index >= 15 is 0 Å². The van der Waals surface area contributed by atoms with E-state index in [2.05, 4.69) is 12.0 Å². The van der Waals surface area contributed by atoms with E-state index in [9.17, 15) is 4.79 Å². The number of aromatic nitrogens is 3. The Hall–Kier alpha value is -1.84. The monoisotopic (exact) mass is 245 g/mol. The van der Waals surface area contributed by atoms with Crippen LogP contribution in [0.25, 0.3) is 5.69 Å². The second kappa shape index (κ2) is 6.19. The van der Waals surface area contributed by atoms with Crippen LogP contribution in [0.2, 0.25) is 0 Å². The van der Waals surface area contributed by atoms with Gasteiger partial charge in [0.05, 0.1) is 5.69 Å². The summed E-state index contributed by atoms with van der Waals surface area (Å²) in [6, 6.07) is 9.51. The number of hydrogen-bond acceptors (Lipinski definition) is 2. The molecule has 1 aromatic carbocycles. The normalized spacial score (nSPS) is 10.7. The summed E-state index contributed by atoms with van der Waals surface area (Å²) >= 11 is 0. The van der Waals surface area contributed by atoms with Gasteiger partial charge in [-0.2, -0.15) is 9.78 Å². The van der Waals surface area contributed by atoms with Gasteiger partial charge in [0.2, 0.25) is 0 Å². The molecular weight excluding hydrogens is 226 g/mol. The standard InChI is InChI=1S/C14H19N3O/c1-2-3-4-8-11-16-12-15-17(14(16)18)13-9-6-5-7-10-13/h5-7,9-10,12H,2-4,8,11H2,1H3. The summed E-state index contributed by atoms with van der Waals surface area (Å²) in [6.07, 6.45) is 6.26. The van der Waals surface area contributed by atoms with Gasteiger partial charge in [-0.1, -0.05) is 44.4 Å². The van der Waals surface area contributed by atoms with Crippen LogP contribution in [-0.2, 0) is 6.54 Å². The van der Waals surface area contributed by atoms with Crippen molar-refractivity contribution in [3.8, 4) is 5.69 Å². The molecule has 4 heteroatoms. The van der Waals surface area contributed by atoms with Gasteiger partial charge in [-0.3, -0.25) is 4.57 Å². The molecule has 0 fully saturated rings. The third kappa shape index (κ3) is 2.88. The van der Waals surface area contributed by atoms with Gasteiger partial charge in [-0.25, -0.2) is 4.79 Å². The molecule has 96 valence electrons. The topological polar surface area (TPSA) is 39.8 Å². The Balaban J connectivity index is 2.07. The summed E-state index contributed by atoms with van der Waals surface area (Å²) in [5.74, 6) is 0. The minimum absolute atomic E-state index is 0.0577. The Morgan fingerprint density at radius 1 is 1.11 bits per heavy atom. The number of para-hydroxylation sites is 1. The van der Waals surface area contributed by atoms with Crippen molar-refractivity contribution in [2.75, 3.05) is 0 Å². The summed E-state index contributed by atoms with van der Waals surface area (Å²) in [6.45, 7) is 2.94. The number of unbranched alkanes of at least 4 members (excludes halogenated alkanes) is 3. The van der Waals surface area contributed by atoms with Gasteiger partial charge >= 0.3 is 5.69 Å². The smallest absolute Gasteiger partial charge is 0.281 e. The summed E-state index contributed by atoms with van der Waals surface area (Å²) in [5, 5.41) is 4.15. The largest absolute Gasteiger partial charge is 0.350 e. The fourth-order valence-electron chi connectivity index (χ4n) is 1.94. The molecule has 0 aliphatic heterocycles. The van der Waals surface area contributed by atoms with Crippen LogP contribution in [0.3, 0.4) is 0 Å². The summed E-state index contributed by atoms with van der Waals surface area (Å²) in [7, 11) is 0. The second-order valence-electron chi connectivity index (χ2n) is 4.41. The van der Waals surface area contributed by atoms with Crippen molar-refractivity contribution >= 4 is 0 Å². The molecule has 0 bridgehead atoms. The molecule has 0 radical (unpaired) electrons. The molecule has 0 saturated carbocycles. The molecule has 0 amide bonds. The second-order valence-corrected chi connectivity index (χ2v) is 4.41. The fraction of sp³-hybridized carbons (Fsp3) is 0.429. The van der Waals surface area contributed by atoms with Crippen LogP contribution in [0.5, 0.6) is 0 Å². The van der Waals surface area contributed by atoms with Crippen molar-refractivity contribution in [3.63, 3.8) is 0 Å². The zero-order chi connectivity index (χ0) is 12.8. The number of rotatable bonds is 6. The first kappa shape index (κ1) is 12.6. The molecule has 0 aliphatic rings. The highest BCUT2D eigenvalue weighted by Gasteiger charge is 2.05. The quantitative estimate of drug-likeness (QED) is 0.734. The highest BCUT2D eigenvalue weighted by molar-refractivity contribution is 5.29. The minimum Gasteiger partial charge on any atom is -0.281 e. The molecule has 0 saturated heterocycles. The Morgan fingerprint density at radius 2 is 1.89 bits per heavy atom. The highest BCUT2D eigenvalue weighted by Crippen LogP contribution is 2.03. The van der Waals surface area contributed by atoms with Gasteiger partial charge in [0.1, 0.15) is 6.33 Å². The van der Waals surface area contributed by atoms with Crippen molar-refractivity contribution in [2.24, 2.45) is 0 Å². The van der Waals surface area contributed by atoms with Crippen LogP contribution in [0.4, 0.5) is 0 Å². The van der Waals surface area contributed by atoms with Crippen LogP contribution >= 0.6 is 0 Å². The predicted octanol–water partition coefficient (Wildman–Crippen LogP) is 2.61. The maximum atomic E-state index is 12.1. The van der Waals surface area contributed by atoms with E-state index in [4.69, 9.17) is 0 Å². The summed E-state index contributed by atoms with van der Waals surface area (Å²) < 4.78 is 3.13. The van der Waals surface area contributed by atoms with Crippen LogP contribution in [0, 0.1) is 0 Å². The van der Waals surface area contributed by atoms with Gasteiger partial charge in [-0.05, 0) is 18.6 Å². The van der Waals surface area contributed by atoms with Crippen LogP contribution in [0.1, 0.15) is 32.6 Å². The molecule has 18 heavy (non-hydrogen) atoms. The predicted molar refractivity (Wildman–Crippen MR) is 72.0 cm³/mol. The van der Waals surface area contributed by atoms with E-state index in [-0.39, 0.29) is 5.69 Å². The van der Waals surface area contributed by atoms with E-state index in [0.29, 0.717) is 0 Å². The molecule has 0 N–H and O–H groups in total. The van der Waals surface area contributed by atoms with E-state index in [1.54, 1.807) is 10.9 Å². The number of hydrogen-bond donors (Lipinski definition) is 0. The van der Waals surface area contributed by atoms with Gasteiger partial charge in [0, 0.05) is 6.54 Å². The van der Waals surface area contributed by atoms with Crippen LogP contribution in [0.15, 0.2) is 41.5 Å². The average molecular weight is 245 g/mol. The van der Waals surface area contributed by atoms with E-state index in [1.165, 1.54) is 23.9 Å². The highest BCUT2D eigenvalue weighted by atomic mass is 16.2. The lowest BCUT2D eigenvalue weighted by Crippen LogP contribution is -2.23. The maximum absolute atomic E-state index is 12.1. The van der Waals surface area contributed by atoms with Crippen molar-refractivity contribution in [1.29, 1.82) is 0 Å². The molecule has 2 aromatic rings. The molecular formula is C14H19N3O. The molecule has 1 heterocycles. The number of nitrogens with zero attached hydrogens (tertiary/aromatic N) is 3. The number of benzene rings is 1. The molecule has 0 aliphatic carbocycles. The lowest BCUT2D eigenvalue weighted by Gasteiger charge is -2.00. The van der Waals surface area contributed by atoms with E-state index in [1.807, 2.05) is 30.3 Å². The van der Waals surface area contributed by atoms with Crippen molar-refractivity contribution in [1.82, 2.24) is 14.3 Å². The third-order valence-corrected chi connectivity index (χ3v) is 2.99. The molecule has 0 atom stereocenters. The third-order valence-electron chi connectivity index (χ3n) is 2.99. The fourth-order valence-corrected chi connectivity index (χ4v) is 1.94. The minimum atomic E-state index is -0.0577. The van der Waals surface area contributed by atoms with E-state index < -0.39 is 0 Å². The molecule has 2 rings (SSSR count). The Bertz CT molecular complexity index is 527. The zero-order valence-electron chi connectivity index (χ0n) is 10.7. The molecule has 0 spiro atoms. The van der Waals surface area contributed by atoms with Crippen molar-refractivity contribution in [2.45, 2.75) is 39.2 Å².